The Labute approximate surface area is 148 Å². The monoisotopic (exact) mass is 346 g/mol. The summed E-state index contributed by atoms with van der Waals surface area (Å²) in [5.41, 5.74) is 3.08. The van der Waals surface area contributed by atoms with Gasteiger partial charge in [-0.25, -0.2) is 4.79 Å². The largest absolute Gasteiger partial charge is 0.449 e. The van der Waals surface area contributed by atoms with Crippen LogP contribution in [0.1, 0.15) is 44.7 Å². The highest BCUT2D eigenvalue weighted by atomic mass is 16.6. The summed E-state index contributed by atoms with van der Waals surface area (Å²) >= 11 is 0. The van der Waals surface area contributed by atoms with E-state index in [0.29, 0.717) is 32.0 Å². The lowest BCUT2D eigenvalue weighted by Gasteiger charge is -2.26. The molecule has 0 N–H and O–H groups in total. The number of hydrogen-bond acceptors (Lipinski definition) is 4. The van der Waals surface area contributed by atoms with Gasteiger partial charge in [-0.3, -0.25) is 10.1 Å². The van der Waals surface area contributed by atoms with Crippen LogP contribution in [0.2, 0.25) is 0 Å². The highest BCUT2D eigenvalue weighted by Crippen LogP contribution is 2.28. The maximum absolute atomic E-state index is 12.0. The molecule has 2 rings (SSSR count). The number of benzene rings is 1. The first-order valence-electron chi connectivity index (χ1n) is 8.80. The van der Waals surface area contributed by atoms with Gasteiger partial charge in [-0.1, -0.05) is 33.3 Å². The van der Waals surface area contributed by atoms with Crippen molar-refractivity contribution in [1.82, 2.24) is 4.90 Å². The molecule has 1 aliphatic heterocycles. The fourth-order valence-corrected chi connectivity index (χ4v) is 2.86. The van der Waals surface area contributed by atoms with Crippen LogP contribution in [0.25, 0.3) is 5.57 Å². The van der Waals surface area contributed by atoms with Crippen LogP contribution in [0.4, 0.5) is 10.5 Å². The van der Waals surface area contributed by atoms with E-state index < -0.39 is 0 Å². The second kappa shape index (κ2) is 8.65. The number of carbonyl (C=O) groups excluding carboxylic acids is 1. The van der Waals surface area contributed by atoms with Crippen LogP contribution in [0.15, 0.2) is 24.3 Å². The molecule has 0 unspecified atom stereocenters. The fraction of sp³-hybridized carbons (Fsp3) is 0.526. The standard InChI is InChI=1S/C19H26N2O4/c1-4-5-17-12-16(6-7-18(17)21(23)24)15-8-10-20(11-9-15)19(22)25-13-14(2)3/h6-8,12,14H,4-5,9-11,13H2,1-3H3. The smallest absolute Gasteiger partial charge is 0.410 e. The van der Waals surface area contributed by atoms with Gasteiger partial charge in [0.1, 0.15) is 0 Å². The molecule has 136 valence electrons. The molecular weight excluding hydrogens is 320 g/mol. The molecular formula is C19H26N2O4. The van der Waals surface area contributed by atoms with Crippen molar-refractivity contribution in [1.29, 1.82) is 0 Å². The number of nitro benzene ring substituents is 1. The van der Waals surface area contributed by atoms with Crippen molar-refractivity contribution >= 4 is 17.4 Å². The number of nitrogens with zero attached hydrogens (tertiary/aromatic N) is 2. The molecule has 1 aromatic carbocycles. The van der Waals surface area contributed by atoms with Crippen LogP contribution >= 0.6 is 0 Å². The van der Waals surface area contributed by atoms with Gasteiger partial charge in [-0.15, -0.1) is 0 Å². The molecule has 6 nitrogen and oxygen atoms in total. The number of rotatable bonds is 6. The van der Waals surface area contributed by atoms with Crippen molar-refractivity contribution in [2.45, 2.75) is 40.0 Å². The summed E-state index contributed by atoms with van der Waals surface area (Å²) in [4.78, 5) is 24.5. The summed E-state index contributed by atoms with van der Waals surface area (Å²) in [5.74, 6) is 0.317. The first kappa shape index (κ1) is 19.0. The van der Waals surface area contributed by atoms with Gasteiger partial charge in [0, 0.05) is 24.7 Å². The summed E-state index contributed by atoms with van der Waals surface area (Å²) in [7, 11) is 0. The Morgan fingerprint density at radius 3 is 2.72 bits per heavy atom. The maximum atomic E-state index is 12.0. The second-order valence-electron chi connectivity index (χ2n) is 6.75. The minimum absolute atomic E-state index is 0.181. The van der Waals surface area contributed by atoms with Crippen molar-refractivity contribution < 1.29 is 14.5 Å². The van der Waals surface area contributed by atoms with Crippen molar-refractivity contribution in [3.05, 3.63) is 45.5 Å². The molecule has 0 aliphatic carbocycles. The minimum atomic E-state index is -0.323. The van der Waals surface area contributed by atoms with Gasteiger partial charge >= 0.3 is 6.09 Å². The number of carbonyl (C=O) groups is 1. The maximum Gasteiger partial charge on any atom is 0.410 e. The fourth-order valence-electron chi connectivity index (χ4n) is 2.86. The van der Waals surface area contributed by atoms with Gasteiger partial charge in [0.05, 0.1) is 11.5 Å². The van der Waals surface area contributed by atoms with Crippen LogP contribution in [0.3, 0.4) is 0 Å². The van der Waals surface area contributed by atoms with Gasteiger partial charge < -0.3 is 9.64 Å². The van der Waals surface area contributed by atoms with Gasteiger partial charge in [-0.05, 0) is 42.0 Å². The molecule has 1 aromatic rings. The zero-order valence-electron chi connectivity index (χ0n) is 15.2. The Morgan fingerprint density at radius 2 is 2.16 bits per heavy atom. The van der Waals surface area contributed by atoms with E-state index in [9.17, 15) is 14.9 Å². The highest BCUT2D eigenvalue weighted by Gasteiger charge is 2.21. The predicted molar refractivity (Wildman–Crippen MR) is 97.4 cm³/mol. The van der Waals surface area contributed by atoms with Crippen molar-refractivity contribution in [2.75, 3.05) is 19.7 Å². The van der Waals surface area contributed by atoms with Crippen LogP contribution < -0.4 is 0 Å². The van der Waals surface area contributed by atoms with Gasteiger partial charge in [0.15, 0.2) is 0 Å². The first-order valence-corrected chi connectivity index (χ1v) is 8.80. The van der Waals surface area contributed by atoms with Crippen molar-refractivity contribution in [3.8, 4) is 0 Å². The third-order valence-electron chi connectivity index (χ3n) is 4.17. The summed E-state index contributed by atoms with van der Waals surface area (Å²) in [5, 5.41) is 11.1. The summed E-state index contributed by atoms with van der Waals surface area (Å²) in [6, 6.07) is 5.31. The first-order chi connectivity index (χ1) is 11.9. The summed E-state index contributed by atoms with van der Waals surface area (Å²) in [6.45, 7) is 7.55. The van der Waals surface area contributed by atoms with E-state index in [4.69, 9.17) is 4.74 Å². The molecule has 0 aromatic heterocycles. The van der Waals surface area contributed by atoms with Crippen molar-refractivity contribution in [3.63, 3.8) is 0 Å². The molecule has 0 fully saturated rings. The van der Waals surface area contributed by atoms with Crippen LogP contribution in [0.5, 0.6) is 0 Å². The van der Waals surface area contributed by atoms with Gasteiger partial charge in [0.2, 0.25) is 0 Å². The Morgan fingerprint density at radius 1 is 1.40 bits per heavy atom. The topological polar surface area (TPSA) is 72.7 Å². The number of ether oxygens (including phenoxy) is 1. The van der Waals surface area contributed by atoms with E-state index in [1.807, 2.05) is 32.9 Å². The average molecular weight is 346 g/mol. The molecule has 1 heterocycles. The van der Waals surface area contributed by atoms with E-state index >= 15 is 0 Å². The van der Waals surface area contributed by atoms with Crippen molar-refractivity contribution in [2.24, 2.45) is 5.92 Å². The average Bonchev–Trinajstić information content (AvgIpc) is 2.59. The lowest BCUT2D eigenvalue weighted by atomic mass is 9.96. The molecule has 0 radical (unpaired) electrons. The molecule has 0 spiro atoms. The SMILES string of the molecule is CCCc1cc(C2=CCN(C(=O)OCC(C)C)CC2)ccc1[N+](=O)[O-]. The molecule has 0 saturated heterocycles. The van der Waals surface area contributed by atoms with Gasteiger partial charge in [0.25, 0.3) is 5.69 Å². The molecule has 6 heteroatoms. The second-order valence-corrected chi connectivity index (χ2v) is 6.75. The minimum Gasteiger partial charge on any atom is -0.449 e. The summed E-state index contributed by atoms with van der Waals surface area (Å²) in [6.07, 6.45) is 4.00. The van der Waals surface area contributed by atoms with Crippen LogP contribution in [-0.4, -0.2) is 35.6 Å². The molecule has 1 amide bonds. The van der Waals surface area contributed by atoms with E-state index in [0.717, 1.165) is 29.5 Å². The van der Waals surface area contributed by atoms with E-state index in [-0.39, 0.29) is 16.7 Å². The number of aryl methyl sites for hydroxylation is 1. The molecule has 1 aliphatic rings. The normalized spacial score (nSPS) is 14.4. The lowest BCUT2D eigenvalue weighted by molar-refractivity contribution is -0.385. The van der Waals surface area contributed by atoms with Crippen LogP contribution in [-0.2, 0) is 11.2 Å². The predicted octanol–water partition coefficient (Wildman–Crippen LogP) is 4.43. The molecule has 0 bridgehead atoms. The molecule has 0 atom stereocenters. The third-order valence-corrected chi connectivity index (χ3v) is 4.17. The number of hydrogen-bond donors (Lipinski definition) is 0. The number of amides is 1. The third kappa shape index (κ3) is 5.05. The Kier molecular flexibility index (Phi) is 6.56. The summed E-state index contributed by atoms with van der Waals surface area (Å²) < 4.78 is 5.26. The Balaban J connectivity index is 2.09. The lowest BCUT2D eigenvalue weighted by Crippen LogP contribution is -2.35. The molecule has 25 heavy (non-hydrogen) atoms. The van der Waals surface area contributed by atoms with Crippen LogP contribution in [0, 0.1) is 16.0 Å². The Hall–Kier alpha value is -2.37. The number of nitro groups is 1. The Bertz CT molecular complexity index is 667. The highest BCUT2D eigenvalue weighted by molar-refractivity contribution is 5.73. The zero-order valence-corrected chi connectivity index (χ0v) is 15.2. The van der Waals surface area contributed by atoms with E-state index in [1.54, 1.807) is 17.0 Å². The zero-order chi connectivity index (χ0) is 18.4. The molecule has 0 saturated carbocycles. The van der Waals surface area contributed by atoms with E-state index in [1.165, 1.54) is 0 Å². The van der Waals surface area contributed by atoms with E-state index in [2.05, 4.69) is 0 Å². The quantitative estimate of drug-likeness (QED) is 0.564. The van der Waals surface area contributed by atoms with Gasteiger partial charge in [-0.2, -0.15) is 0 Å².